The van der Waals surface area contributed by atoms with E-state index in [0.29, 0.717) is 6.42 Å². The number of unbranched alkanes of at least 4 members (excludes halogenated alkanes) is 1. The quantitative estimate of drug-likeness (QED) is 0.726. The number of hydrogen-bond acceptors (Lipinski definition) is 3. The van der Waals surface area contributed by atoms with Gasteiger partial charge in [-0.2, -0.15) is 0 Å². The van der Waals surface area contributed by atoms with Gasteiger partial charge in [-0.1, -0.05) is 49.7 Å². The summed E-state index contributed by atoms with van der Waals surface area (Å²) in [6, 6.07) is 15.6. The van der Waals surface area contributed by atoms with Gasteiger partial charge in [0, 0.05) is 24.7 Å². The Hall–Kier alpha value is -1.81. The van der Waals surface area contributed by atoms with Crippen LogP contribution in [0.25, 0.3) is 0 Å². The summed E-state index contributed by atoms with van der Waals surface area (Å²) in [5.41, 5.74) is 1.05. The van der Waals surface area contributed by atoms with Crippen LogP contribution < -0.4 is 0 Å². The first kappa shape index (κ1) is 15.6. The van der Waals surface area contributed by atoms with Crippen molar-refractivity contribution in [3.63, 3.8) is 0 Å². The number of amides is 1. The van der Waals surface area contributed by atoms with E-state index in [1.807, 2.05) is 52.8 Å². The lowest BCUT2D eigenvalue weighted by molar-refractivity contribution is -0.125. The van der Waals surface area contributed by atoms with Gasteiger partial charge in [0.1, 0.15) is 5.03 Å². The molecule has 1 aromatic carbocycles. The van der Waals surface area contributed by atoms with Gasteiger partial charge >= 0.3 is 0 Å². The van der Waals surface area contributed by atoms with Gasteiger partial charge in [-0.3, -0.25) is 9.10 Å². The number of hydrogen-bond donors (Lipinski definition) is 0. The predicted octanol–water partition coefficient (Wildman–Crippen LogP) is 3.96. The summed E-state index contributed by atoms with van der Waals surface area (Å²) >= 11 is 1.43. The minimum absolute atomic E-state index is 0.130. The van der Waals surface area contributed by atoms with Gasteiger partial charge in [0.25, 0.3) is 0 Å². The normalized spacial score (nSPS) is 10.3. The molecule has 4 heteroatoms. The van der Waals surface area contributed by atoms with Crippen molar-refractivity contribution in [2.45, 2.75) is 31.2 Å². The van der Waals surface area contributed by atoms with E-state index < -0.39 is 0 Å². The van der Waals surface area contributed by atoms with Gasteiger partial charge < -0.3 is 0 Å². The molecule has 0 unspecified atom stereocenters. The molecule has 2 aromatic rings. The zero-order valence-electron chi connectivity index (χ0n) is 12.2. The fraction of sp³-hybridized carbons (Fsp3) is 0.294. The smallest absolute Gasteiger partial charge is 0.237 e. The van der Waals surface area contributed by atoms with Crippen LogP contribution in [0.4, 0.5) is 0 Å². The highest BCUT2D eigenvalue weighted by molar-refractivity contribution is 7.97. The van der Waals surface area contributed by atoms with E-state index in [4.69, 9.17) is 0 Å². The summed E-state index contributed by atoms with van der Waals surface area (Å²) in [6.07, 6.45) is 4.25. The first-order valence-corrected chi connectivity index (χ1v) is 8.00. The molecule has 0 N–H and O–H groups in total. The van der Waals surface area contributed by atoms with Crippen molar-refractivity contribution >= 4 is 17.9 Å². The topological polar surface area (TPSA) is 33.2 Å². The van der Waals surface area contributed by atoms with Crippen LogP contribution >= 0.6 is 11.9 Å². The number of aromatic nitrogens is 1. The van der Waals surface area contributed by atoms with E-state index in [9.17, 15) is 4.79 Å². The monoisotopic (exact) mass is 300 g/mol. The molecular weight excluding hydrogens is 280 g/mol. The highest BCUT2D eigenvalue weighted by Gasteiger charge is 2.15. The van der Waals surface area contributed by atoms with Gasteiger partial charge in [0.2, 0.25) is 5.91 Å². The molecule has 0 aliphatic heterocycles. The molecule has 1 heterocycles. The van der Waals surface area contributed by atoms with Gasteiger partial charge in [-0.25, -0.2) is 4.98 Å². The number of nitrogens with zero attached hydrogens (tertiary/aromatic N) is 2. The Balaban J connectivity index is 2.02. The average Bonchev–Trinajstić information content (AvgIpc) is 2.53. The second kappa shape index (κ2) is 8.47. The largest absolute Gasteiger partial charge is 0.281 e. The number of benzene rings is 1. The highest BCUT2D eigenvalue weighted by atomic mass is 32.2. The van der Waals surface area contributed by atoms with Crippen LogP contribution in [0, 0.1) is 0 Å². The lowest BCUT2D eigenvalue weighted by Crippen LogP contribution is -2.27. The summed E-state index contributed by atoms with van der Waals surface area (Å²) < 4.78 is 1.83. The van der Waals surface area contributed by atoms with Crippen LogP contribution in [0.15, 0.2) is 59.8 Å². The van der Waals surface area contributed by atoms with Crippen LogP contribution in [0.5, 0.6) is 0 Å². The van der Waals surface area contributed by atoms with Crippen molar-refractivity contribution in [3.8, 4) is 0 Å². The standard InChI is InChI=1S/C17H20N2OS/c1-2-3-13-19(21-16-11-7-8-12-18-16)17(20)14-15-9-5-4-6-10-15/h4-12H,2-3,13-14H2,1H3. The molecule has 0 radical (unpaired) electrons. The summed E-state index contributed by atoms with van der Waals surface area (Å²) in [4.78, 5) is 16.8. The van der Waals surface area contributed by atoms with E-state index in [1.165, 1.54) is 11.9 Å². The molecular formula is C17H20N2OS. The van der Waals surface area contributed by atoms with E-state index in [-0.39, 0.29) is 5.91 Å². The third kappa shape index (κ3) is 5.23. The fourth-order valence-corrected chi connectivity index (χ4v) is 2.76. The number of pyridine rings is 1. The first-order chi connectivity index (χ1) is 10.3. The third-order valence-corrected chi connectivity index (χ3v) is 4.07. The molecule has 110 valence electrons. The Morgan fingerprint density at radius 3 is 2.57 bits per heavy atom. The Morgan fingerprint density at radius 2 is 1.90 bits per heavy atom. The van der Waals surface area contributed by atoms with Crippen LogP contribution in [0.1, 0.15) is 25.3 Å². The molecule has 0 spiro atoms. The zero-order chi connectivity index (χ0) is 14.9. The molecule has 1 aromatic heterocycles. The molecule has 21 heavy (non-hydrogen) atoms. The van der Waals surface area contributed by atoms with Crippen molar-refractivity contribution in [2.24, 2.45) is 0 Å². The number of carbonyl (C=O) groups is 1. The second-order valence-corrected chi connectivity index (χ2v) is 5.81. The second-order valence-electron chi connectivity index (χ2n) is 4.77. The van der Waals surface area contributed by atoms with Crippen LogP contribution in [-0.2, 0) is 11.2 Å². The third-order valence-electron chi connectivity index (χ3n) is 3.03. The molecule has 0 saturated heterocycles. The Labute approximate surface area is 130 Å². The first-order valence-electron chi connectivity index (χ1n) is 7.23. The molecule has 0 aliphatic carbocycles. The van der Waals surface area contributed by atoms with Crippen LogP contribution in [0.3, 0.4) is 0 Å². The number of rotatable bonds is 7. The van der Waals surface area contributed by atoms with E-state index in [1.54, 1.807) is 6.20 Å². The molecule has 3 nitrogen and oxygen atoms in total. The van der Waals surface area contributed by atoms with Gasteiger partial charge in [-0.15, -0.1) is 0 Å². The maximum Gasteiger partial charge on any atom is 0.237 e. The lowest BCUT2D eigenvalue weighted by Gasteiger charge is -2.20. The summed E-state index contributed by atoms with van der Waals surface area (Å²) in [5.74, 6) is 0.130. The van der Waals surface area contributed by atoms with E-state index >= 15 is 0 Å². The van der Waals surface area contributed by atoms with Gasteiger partial charge in [-0.05, 0) is 24.1 Å². The Kier molecular flexibility index (Phi) is 6.28. The molecule has 0 aliphatic rings. The van der Waals surface area contributed by atoms with E-state index in [2.05, 4.69) is 11.9 Å². The van der Waals surface area contributed by atoms with E-state index in [0.717, 1.165) is 30.0 Å². The molecule has 0 fully saturated rings. The van der Waals surface area contributed by atoms with Crippen molar-refractivity contribution in [3.05, 3.63) is 60.3 Å². The minimum Gasteiger partial charge on any atom is -0.281 e. The van der Waals surface area contributed by atoms with Gasteiger partial charge in [0.15, 0.2) is 0 Å². The van der Waals surface area contributed by atoms with Gasteiger partial charge in [0.05, 0.1) is 6.42 Å². The molecule has 0 saturated carbocycles. The van der Waals surface area contributed by atoms with Crippen molar-refractivity contribution < 1.29 is 4.79 Å². The maximum absolute atomic E-state index is 12.5. The summed E-state index contributed by atoms with van der Waals surface area (Å²) in [5, 5.41) is 0.856. The maximum atomic E-state index is 12.5. The fourth-order valence-electron chi connectivity index (χ4n) is 1.90. The zero-order valence-corrected chi connectivity index (χ0v) is 13.1. The van der Waals surface area contributed by atoms with Crippen molar-refractivity contribution in [1.29, 1.82) is 0 Å². The molecule has 2 rings (SSSR count). The van der Waals surface area contributed by atoms with Crippen LogP contribution in [0.2, 0.25) is 0 Å². The highest BCUT2D eigenvalue weighted by Crippen LogP contribution is 2.22. The van der Waals surface area contributed by atoms with Crippen molar-refractivity contribution in [2.75, 3.05) is 6.54 Å². The molecule has 0 atom stereocenters. The molecule has 1 amide bonds. The van der Waals surface area contributed by atoms with Crippen LogP contribution in [-0.4, -0.2) is 21.7 Å². The average molecular weight is 300 g/mol. The molecule has 0 bridgehead atoms. The Bertz CT molecular complexity index is 545. The van der Waals surface area contributed by atoms with Crippen molar-refractivity contribution in [1.82, 2.24) is 9.29 Å². The summed E-state index contributed by atoms with van der Waals surface area (Å²) in [7, 11) is 0. The lowest BCUT2D eigenvalue weighted by atomic mass is 10.1. The Morgan fingerprint density at radius 1 is 1.14 bits per heavy atom. The predicted molar refractivity (Wildman–Crippen MR) is 86.9 cm³/mol. The summed E-state index contributed by atoms with van der Waals surface area (Å²) in [6.45, 7) is 2.88. The minimum atomic E-state index is 0.130. The SMILES string of the molecule is CCCCN(Sc1ccccn1)C(=O)Cc1ccccc1. The number of carbonyl (C=O) groups excluding carboxylic acids is 1.